The largest absolute Gasteiger partial charge is 0.462 e. The lowest BCUT2D eigenvalue weighted by atomic mass is 10.0. The molecule has 0 saturated heterocycles. The molecule has 6 nitrogen and oxygen atoms in total. The summed E-state index contributed by atoms with van der Waals surface area (Å²) in [6.45, 7) is 6.56. The molecule has 0 aliphatic carbocycles. The van der Waals surface area contributed by atoms with Gasteiger partial charge in [0, 0.05) is 19.3 Å². The van der Waals surface area contributed by atoms with Crippen molar-refractivity contribution in [2.45, 2.75) is 367 Å². The standard InChI is InChI=1S/C70H128O6/c1-4-7-10-13-16-19-22-25-27-29-30-31-32-33-34-35-36-37-38-39-41-42-45-48-51-54-57-60-63-69(72)75-66-67(65-74-68(71)62-59-56-53-50-47-44-24-21-18-15-12-9-6-3)76-70(73)64-61-58-55-52-49-46-43-40-28-26-23-20-17-14-11-8-5-2/h8,11,17,20-21,24,26,28,67H,4-7,9-10,12-16,18-19,22-23,25,27,29-66H2,1-3H3/b11-8-,20-17-,24-21-,28-26-. The molecule has 1 atom stereocenters. The summed E-state index contributed by atoms with van der Waals surface area (Å²) in [5.41, 5.74) is 0. The molecule has 0 radical (unpaired) electrons. The van der Waals surface area contributed by atoms with Crippen LogP contribution in [-0.4, -0.2) is 37.2 Å². The molecule has 0 N–H and O–H groups in total. The molecule has 0 bridgehead atoms. The van der Waals surface area contributed by atoms with Gasteiger partial charge < -0.3 is 14.2 Å². The van der Waals surface area contributed by atoms with E-state index in [4.69, 9.17) is 14.2 Å². The van der Waals surface area contributed by atoms with Crippen molar-refractivity contribution in [3.05, 3.63) is 48.6 Å². The zero-order valence-corrected chi connectivity index (χ0v) is 51.0. The Kier molecular flexibility index (Phi) is 62.6. The van der Waals surface area contributed by atoms with Crippen molar-refractivity contribution in [3.63, 3.8) is 0 Å². The molecule has 0 aliphatic rings. The van der Waals surface area contributed by atoms with Crippen LogP contribution in [0.3, 0.4) is 0 Å². The summed E-state index contributed by atoms with van der Waals surface area (Å²) in [4.78, 5) is 38.3. The lowest BCUT2D eigenvalue weighted by molar-refractivity contribution is -0.167. The fraction of sp³-hybridized carbons (Fsp3) is 0.843. The Bertz CT molecular complexity index is 1310. The second-order valence-electron chi connectivity index (χ2n) is 22.7. The topological polar surface area (TPSA) is 78.9 Å². The van der Waals surface area contributed by atoms with Crippen molar-refractivity contribution in [2.24, 2.45) is 0 Å². The minimum atomic E-state index is -0.781. The van der Waals surface area contributed by atoms with Gasteiger partial charge in [-0.15, -0.1) is 0 Å². The van der Waals surface area contributed by atoms with E-state index in [2.05, 4.69) is 69.4 Å². The van der Waals surface area contributed by atoms with Gasteiger partial charge in [-0.3, -0.25) is 14.4 Å². The summed E-state index contributed by atoms with van der Waals surface area (Å²) in [6, 6.07) is 0. The van der Waals surface area contributed by atoms with Crippen molar-refractivity contribution < 1.29 is 28.6 Å². The molecule has 0 saturated carbocycles. The van der Waals surface area contributed by atoms with Crippen LogP contribution >= 0.6 is 0 Å². The van der Waals surface area contributed by atoms with Crippen LogP contribution in [-0.2, 0) is 28.6 Å². The molecule has 0 fully saturated rings. The van der Waals surface area contributed by atoms with E-state index in [0.29, 0.717) is 19.3 Å². The molecule has 0 rings (SSSR count). The Morgan fingerprint density at radius 3 is 0.829 bits per heavy atom. The third-order valence-corrected chi connectivity index (χ3v) is 15.1. The van der Waals surface area contributed by atoms with Gasteiger partial charge in [0.05, 0.1) is 0 Å². The van der Waals surface area contributed by atoms with Gasteiger partial charge in [-0.1, -0.05) is 313 Å². The molecule has 1 unspecified atom stereocenters. The third-order valence-electron chi connectivity index (χ3n) is 15.1. The molecule has 0 amide bonds. The lowest BCUT2D eigenvalue weighted by Gasteiger charge is -2.18. The zero-order valence-electron chi connectivity index (χ0n) is 51.0. The minimum Gasteiger partial charge on any atom is -0.462 e. The van der Waals surface area contributed by atoms with Crippen molar-refractivity contribution in [2.75, 3.05) is 13.2 Å². The van der Waals surface area contributed by atoms with E-state index >= 15 is 0 Å². The van der Waals surface area contributed by atoms with E-state index in [1.165, 1.54) is 231 Å². The van der Waals surface area contributed by atoms with E-state index in [-0.39, 0.29) is 31.1 Å². The van der Waals surface area contributed by atoms with Crippen LogP contribution in [0.15, 0.2) is 48.6 Å². The van der Waals surface area contributed by atoms with E-state index in [1.54, 1.807) is 0 Å². The first-order valence-corrected chi connectivity index (χ1v) is 33.6. The summed E-state index contributed by atoms with van der Waals surface area (Å²) in [7, 11) is 0. The van der Waals surface area contributed by atoms with Gasteiger partial charge in [0.1, 0.15) is 13.2 Å². The zero-order chi connectivity index (χ0) is 55.0. The number of hydrogen-bond acceptors (Lipinski definition) is 6. The fourth-order valence-corrected chi connectivity index (χ4v) is 10.0. The van der Waals surface area contributed by atoms with Gasteiger partial charge in [-0.05, 0) is 77.0 Å². The predicted molar refractivity (Wildman–Crippen MR) is 330 cm³/mol. The first kappa shape index (κ1) is 73.4. The molecule has 0 aromatic carbocycles. The third kappa shape index (κ3) is 62.2. The highest BCUT2D eigenvalue weighted by molar-refractivity contribution is 5.71. The fourth-order valence-electron chi connectivity index (χ4n) is 10.0. The van der Waals surface area contributed by atoms with Crippen molar-refractivity contribution in [1.82, 2.24) is 0 Å². The molecule has 0 aliphatic heterocycles. The highest BCUT2D eigenvalue weighted by Crippen LogP contribution is 2.18. The normalized spacial score (nSPS) is 12.3. The quantitative estimate of drug-likeness (QED) is 0.0261. The number of esters is 3. The summed E-state index contributed by atoms with van der Waals surface area (Å²) >= 11 is 0. The summed E-state index contributed by atoms with van der Waals surface area (Å²) in [5.74, 6) is -0.874. The second-order valence-corrected chi connectivity index (χ2v) is 22.7. The van der Waals surface area contributed by atoms with Crippen molar-refractivity contribution in [1.29, 1.82) is 0 Å². The van der Waals surface area contributed by atoms with Crippen LogP contribution in [0, 0.1) is 0 Å². The van der Waals surface area contributed by atoms with Gasteiger partial charge in [-0.25, -0.2) is 0 Å². The maximum atomic E-state index is 12.9. The number of ether oxygens (including phenoxy) is 3. The Morgan fingerprint density at radius 2 is 0.513 bits per heavy atom. The van der Waals surface area contributed by atoms with Crippen LogP contribution in [0.1, 0.15) is 361 Å². The van der Waals surface area contributed by atoms with Crippen molar-refractivity contribution in [3.8, 4) is 0 Å². The minimum absolute atomic E-state index is 0.0763. The van der Waals surface area contributed by atoms with Gasteiger partial charge in [0.15, 0.2) is 6.10 Å². The molecular formula is C70H128O6. The first-order chi connectivity index (χ1) is 37.5. The summed E-state index contributed by atoms with van der Waals surface area (Å²) in [5, 5.41) is 0. The average Bonchev–Trinajstić information content (AvgIpc) is 3.42. The molecule has 76 heavy (non-hydrogen) atoms. The average molecular weight is 1070 g/mol. The monoisotopic (exact) mass is 1060 g/mol. The van der Waals surface area contributed by atoms with E-state index in [0.717, 1.165) is 89.9 Å². The number of carbonyl (C=O) groups is 3. The number of unbranched alkanes of at least 4 members (excludes halogenated alkanes) is 43. The highest BCUT2D eigenvalue weighted by atomic mass is 16.6. The maximum absolute atomic E-state index is 12.9. The maximum Gasteiger partial charge on any atom is 0.306 e. The van der Waals surface area contributed by atoms with Gasteiger partial charge >= 0.3 is 17.9 Å². The summed E-state index contributed by atoms with van der Waals surface area (Å²) < 4.78 is 16.9. The number of carbonyl (C=O) groups excluding carboxylic acids is 3. The Balaban J connectivity index is 4.19. The smallest absolute Gasteiger partial charge is 0.306 e. The number of hydrogen-bond donors (Lipinski definition) is 0. The first-order valence-electron chi connectivity index (χ1n) is 33.6. The van der Waals surface area contributed by atoms with E-state index in [9.17, 15) is 14.4 Å². The molecule has 6 heteroatoms. The predicted octanol–water partition coefficient (Wildman–Crippen LogP) is 22.9. The molecular weight excluding hydrogens is 937 g/mol. The second kappa shape index (κ2) is 64.9. The van der Waals surface area contributed by atoms with E-state index in [1.807, 2.05) is 0 Å². The SMILES string of the molecule is CC/C=C\C/C=C\C/C=C\CCCCCCCCCC(=O)OC(COC(=O)CCCCCCC/C=C\CCCCCC)COC(=O)CCCCCCCCCCCCCCCCCCCCCCCCCCCCCC. The van der Waals surface area contributed by atoms with Crippen LogP contribution < -0.4 is 0 Å². The highest BCUT2D eigenvalue weighted by Gasteiger charge is 2.19. The molecule has 0 spiro atoms. The Hall–Kier alpha value is -2.63. The molecule has 0 aromatic heterocycles. The molecule has 0 aromatic rings. The number of rotatable bonds is 62. The van der Waals surface area contributed by atoms with Crippen LogP contribution in [0.5, 0.6) is 0 Å². The Morgan fingerprint density at radius 1 is 0.276 bits per heavy atom. The lowest BCUT2D eigenvalue weighted by Crippen LogP contribution is -2.30. The van der Waals surface area contributed by atoms with Crippen LogP contribution in [0.4, 0.5) is 0 Å². The van der Waals surface area contributed by atoms with Crippen LogP contribution in [0.2, 0.25) is 0 Å². The van der Waals surface area contributed by atoms with Crippen LogP contribution in [0.25, 0.3) is 0 Å². The van der Waals surface area contributed by atoms with Gasteiger partial charge in [-0.2, -0.15) is 0 Å². The van der Waals surface area contributed by atoms with Gasteiger partial charge in [0.25, 0.3) is 0 Å². The Labute approximate surface area is 473 Å². The van der Waals surface area contributed by atoms with Gasteiger partial charge in [0.2, 0.25) is 0 Å². The molecule has 444 valence electrons. The van der Waals surface area contributed by atoms with Crippen molar-refractivity contribution >= 4 is 17.9 Å². The summed E-state index contributed by atoms with van der Waals surface area (Å²) in [6.07, 6.45) is 81.4. The van der Waals surface area contributed by atoms with E-state index < -0.39 is 6.10 Å². The molecule has 0 heterocycles. The number of allylic oxidation sites excluding steroid dienone is 8.